The van der Waals surface area contributed by atoms with E-state index in [1.165, 1.54) is 22.3 Å². The van der Waals surface area contributed by atoms with Gasteiger partial charge in [0.15, 0.2) is 0 Å². The number of fused-ring (bicyclic) bond motifs is 3. The highest BCUT2D eigenvalue weighted by Gasteiger charge is 2.14. The van der Waals surface area contributed by atoms with E-state index in [9.17, 15) is 0 Å². The summed E-state index contributed by atoms with van der Waals surface area (Å²) in [5, 5.41) is 2.28. The van der Waals surface area contributed by atoms with Crippen LogP contribution in [0.4, 0.5) is 0 Å². The Bertz CT molecular complexity index is 1580. The third-order valence-electron chi connectivity index (χ3n) is 5.96. The van der Waals surface area contributed by atoms with Crippen molar-refractivity contribution in [3.63, 3.8) is 0 Å². The van der Waals surface area contributed by atoms with Gasteiger partial charge in [-0.15, -0.1) is 0 Å². The maximum atomic E-state index is 6.39. The van der Waals surface area contributed by atoms with Crippen LogP contribution in [0.1, 0.15) is 0 Å². The third kappa shape index (κ3) is 3.24. The van der Waals surface area contributed by atoms with Gasteiger partial charge in [-0.3, -0.25) is 0 Å². The van der Waals surface area contributed by atoms with E-state index in [0.717, 1.165) is 37.5 Å². The summed E-state index contributed by atoms with van der Waals surface area (Å²) in [6.45, 7) is 0. The van der Waals surface area contributed by atoms with Crippen molar-refractivity contribution in [1.29, 1.82) is 0 Å². The molecule has 0 bridgehead atoms. The van der Waals surface area contributed by atoms with Crippen LogP contribution in [0.15, 0.2) is 124 Å². The van der Waals surface area contributed by atoms with Gasteiger partial charge in [0, 0.05) is 20.8 Å². The Balaban J connectivity index is 1.52. The summed E-state index contributed by atoms with van der Waals surface area (Å²) in [7, 11) is 0. The van der Waals surface area contributed by atoms with E-state index in [1.807, 2.05) is 12.1 Å². The smallest absolute Gasteiger partial charge is 0.143 e. The van der Waals surface area contributed by atoms with E-state index >= 15 is 0 Å². The largest absolute Gasteiger partial charge is 0.455 e. The molecule has 1 nitrogen and oxygen atoms in total. The van der Waals surface area contributed by atoms with Crippen molar-refractivity contribution in [2.75, 3.05) is 0 Å². The molecule has 0 atom stereocenters. The Kier molecular flexibility index (Phi) is 4.66. The number of furan rings is 1. The van der Waals surface area contributed by atoms with Gasteiger partial charge in [0.1, 0.15) is 11.2 Å². The molecule has 0 fully saturated rings. The average molecular weight is 475 g/mol. The summed E-state index contributed by atoms with van der Waals surface area (Å²) >= 11 is 3.68. The fourth-order valence-electron chi connectivity index (χ4n) is 4.39. The van der Waals surface area contributed by atoms with Crippen molar-refractivity contribution in [3.05, 3.63) is 120 Å². The first-order chi connectivity index (χ1) is 15.8. The Hall–Kier alpha value is -3.62. The second-order valence-corrected chi connectivity index (χ2v) is 8.78. The van der Waals surface area contributed by atoms with Crippen LogP contribution in [0.3, 0.4) is 0 Å². The summed E-state index contributed by atoms with van der Waals surface area (Å²) in [5.41, 5.74) is 8.85. The molecule has 0 spiro atoms. The van der Waals surface area contributed by atoms with Crippen LogP contribution in [0.5, 0.6) is 0 Å². The van der Waals surface area contributed by atoms with Crippen LogP contribution >= 0.6 is 15.9 Å². The lowest BCUT2D eigenvalue weighted by atomic mass is 9.97. The van der Waals surface area contributed by atoms with Crippen LogP contribution < -0.4 is 0 Å². The lowest BCUT2D eigenvalue weighted by Crippen LogP contribution is -1.83. The topological polar surface area (TPSA) is 13.1 Å². The summed E-state index contributed by atoms with van der Waals surface area (Å²) in [6.07, 6.45) is 0. The number of halogens is 1. The van der Waals surface area contributed by atoms with E-state index in [0.29, 0.717) is 0 Å². The minimum absolute atomic E-state index is 0.911. The monoisotopic (exact) mass is 474 g/mol. The van der Waals surface area contributed by atoms with Gasteiger partial charge in [-0.05, 0) is 52.1 Å². The van der Waals surface area contributed by atoms with E-state index in [4.69, 9.17) is 4.42 Å². The van der Waals surface area contributed by atoms with Gasteiger partial charge >= 0.3 is 0 Å². The van der Waals surface area contributed by atoms with Crippen molar-refractivity contribution < 1.29 is 4.42 Å². The third-order valence-corrected chi connectivity index (χ3v) is 6.65. The zero-order chi connectivity index (χ0) is 21.5. The Labute approximate surface area is 195 Å². The molecule has 2 heteroatoms. The summed E-state index contributed by atoms with van der Waals surface area (Å²) in [5.74, 6) is 0. The van der Waals surface area contributed by atoms with E-state index in [-0.39, 0.29) is 0 Å². The molecular formula is C30H19BrO. The highest BCUT2D eigenvalue weighted by molar-refractivity contribution is 9.10. The van der Waals surface area contributed by atoms with Crippen LogP contribution in [0.25, 0.3) is 55.3 Å². The van der Waals surface area contributed by atoms with Crippen molar-refractivity contribution in [2.45, 2.75) is 0 Å². The molecule has 152 valence electrons. The van der Waals surface area contributed by atoms with Gasteiger partial charge < -0.3 is 4.42 Å². The predicted molar refractivity (Wildman–Crippen MR) is 138 cm³/mol. The molecule has 0 saturated carbocycles. The van der Waals surface area contributed by atoms with Crippen LogP contribution in [-0.2, 0) is 0 Å². The number of para-hydroxylation sites is 1. The van der Waals surface area contributed by atoms with Crippen molar-refractivity contribution in [2.24, 2.45) is 0 Å². The van der Waals surface area contributed by atoms with Gasteiger partial charge in [0.2, 0.25) is 0 Å². The molecule has 0 aliphatic heterocycles. The fourth-order valence-corrected chi connectivity index (χ4v) is 4.90. The number of rotatable bonds is 3. The zero-order valence-corrected chi connectivity index (χ0v) is 18.8. The lowest BCUT2D eigenvalue weighted by molar-refractivity contribution is 0.670. The lowest BCUT2D eigenvalue weighted by Gasteiger charge is -2.08. The summed E-state index contributed by atoms with van der Waals surface area (Å²) in [6, 6.07) is 40.3. The minimum Gasteiger partial charge on any atom is -0.455 e. The molecule has 0 aliphatic rings. The predicted octanol–water partition coefficient (Wildman–Crippen LogP) is 9.35. The van der Waals surface area contributed by atoms with Gasteiger partial charge in [-0.1, -0.05) is 107 Å². The van der Waals surface area contributed by atoms with E-state index in [1.54, 1.807) is 0 Å². The molecule has 32 heavy (non-hydrogen) atoms. The highest BCUT2D eigenvalue weighted by Crippen LogP contribution is 2.39. The molecule has 0 N–H and O–H groups in total. The van der Waals surface area contributed by atoms with Crippen molar-refractivity contribution >= 4 is 37.9 Å². The molecule has 0 unspecified atom stereocenters. The Morgan fingerprint density at radius 2 is 1.16 bits per heavy atom. The van der Waals surface area contributed by atoms with Crippen LogP contribution in [0.2, 0.25) is 0 Å². The quantitative estimate of drug-likeness (QED) is 0.249. The molecule has 6 rings (SSSR count). The van der Waals surface area contributed by atoms with E-state index < -0.39 is 0 Å². The molecule has 5 aromatic carbocycles. The summed E-state index contributed by atoms with van der Waals surface area (Å²) in [4.78, 5) is 0. The second-order valence-electron chi connectivity index (χ2n) is 7.92. The first kappa shape index (κ1) is 19.1. The Morgan fingerprint density at radius 1 is 0.469 bits per heavy atom. The standard InChI is InChI=1S/C30H19BrO/c31-28-15-5-4-12-24(28)22-10-6-11-23(18-22)25-13-7-14-26-27-19-21(20-8-2-1-3-9-20)16-17-29(27)32-30(25)26/h1-19H. The maximum absolute atomic E-state index is 6.39. The molecule has 1 heterocycles. The Morgan fingerprint density at radius 3 is 2.00 bits per heavy atom. The average Bonchev–Trinajstić information content (AvgIpc) is 3.23. The summed E-state index contributed by atoms with van der Waals surface area (Å²) < 4.78 is 7.48. The van der Waals surface area contributed by atoms with E-state index in [2.05, 4.69) is 119 Å². The SMILES string of the molecule is Brc1ccccc1-c1cccc(-c2cccc3c2oc2ccc(-c4ccccc4)cc23)c1. The first-order valence-corrected chi connectivity index (χ1v) is 11.4. The number of benzene rings is 5. The minimum atomic E-state index is 0.911. The fraction of sp³-hybridized carbons (Fsp3) is 0. The van der Waals surface area contributed by atoms with Crippen molar-refractivity contribution in [1.82, 2.24) is 0 Å². The number of hydrogen-bond donors (Lipinski definition) is 0. The molecule has 6 aromatic rings. The normalized spacial score (nSPS) is 11.3. The molecule has 1 aromatic heterocycles. The number of hydrogen-bond acceptors (Lipinski definition) is 1. The van der Waals surface area contributed by atoms with Gasteiger partial charge in [-0.2, -0.15) is 0 Å². The molecule has 0 amide bonds. The first-order valence-electron chi connectivity index (χ1n) is 10.6. The molecular weight excluding hydrogens is 456 g/mol. The second kappa shape index (κ2) is 7.81. The molecule has 0 radical (unpaired) electrons. The van der Waals surface area contributed by atoms with Crippen LogP contribution in [0, 0.1) is 0 Å². The zero-order valence-electron chi connectivity index (χ0n) is 17.3. The van der Waals surface area contributed by atoms with Gasteiger partial charge in [0.05, 0.1) is 0 Å². The van der Waals surface area contributed by atoms with Gasteiger partial charge in [0.25, 0.3) is 0 Å². The molecule has 0 aliphatic carbocycles. The maximum Gasteiger partial charge on any atom is 0.143 e. The van der Waals surface area contributed by atoms with Crippen LogP contribution in [-0.4, -0.2) is 0 Å². The highest BCUT2D eigenvalue weighted by atomic mass is 79.9. The van der Waals surface area contributed by atoms with Crippen molar-refractivity contribution in [3.8, 4) is 33.4 Å². The van der Waals surface area contributed by atoms with Gasteiger partial charge in [-0.25, -0.2) is 0 Å². The molecule has 0 saturated heterocycles.